The van der Waals surface area contributed by atoms with Gasteiger partial charge in [-0.2, -0.15) is 0 Å². The second kappa shape index (κ2) is 5.14. The Morgan fingerprint density at radius 1 is 1.44 bits per heavy atom. The molecule has 0 bridgehead atoms. The predicted octanol–water partition coefficient (Wildman–Crippen LogP) is 2.61. The van der Waals surface area contributed by atoms with Gasteiger partial charge in [0, 0.05) is 12.5 Å². The van der Waals surface area contributed by atoms with E-state index in [0.29, 0.717) is 6.42 Å². The fraction of sp³-hybridized carbons (Fsp3) is 0.500. The summed E-state index contributed by atoms with van der Waals surface area (Å²) in [5, 5.41) is 3.22. The molecular weight excluding hydrogens is 236 g/mol. The molecule has 18 heavy (non-hydrogen) atoms. The molecule has 1 atom stereocenters. The Bertz CT molecular complexity index is 453. The van der Waals surface area contributed by atoms with E-state index in [0.717, 1.165) is 25.5 Å². The molecule has 4 heteroatoms. The summed E-state index contributed by atoms with van der Waals surface area (Å²) < 4.78 is 26.3. The molecule has 0 spiro atoms. The van der Waals surface area contributed by atoms with Crippen LogP contribution in [0.15, 0.2) is 18.2 Å². The first-order valence-corrected chi connectivity index (χ1v) is 6.29. The second-order valence-corrected chi connectivity index (χ2v) is 4.80. The minimum absolute atomic E-state index is 0.00647. The molecule has 2 nitrogen and oxygen atoms in total. The maximum Gasteiger partial charge on any atom is 0.157 e. The van der Waals surface area contributed by atoms with E-state index in [1.165, 1.54) is 12.1 Å². The Labute approximate surface area is 105 Å². The summed E-state index contributed by atoms with van der Waals surface area (Å²) in [5.41, 5.74) is -0.246. The monoisotopic (exact) mass is 253 g/mol. The lowest BCUT2D eigenvalue weighted by atomic mass is 9.86. The van der Waals surface area contributed by atoms with E-state index in [-0.39, 0.29) is 17.8 Å². The average molecular weight is 253 g/mol. The lowest BCUT2D eigenvalue weighted by Crippen LogP contribution is -2.47. The first-order chi connectivity index (χ1) is 8.57. The van der Waals surface area contributed by atoms with Gasteiger partial charge < -0.3 is 5.32 Å². The molecule has 0 aliphatic carbocycles. The third-order valence-corrected chi connectivity index (χ3v) is 3.75. The van der Waals surface area contributed by atoms with Gasteiger partial charge in [-0.25, -0.2) is 8.78 Å². The molecule has 1 aromatic carbocycles. The summed E-state index contributed by atoms with van der Waals surface area (Å²) in [6.07, 6.45) is 2.48. The van der Waals surface area contributed by atoms with Gasteiger partial charge in [0.05, 0.1) is 5.54 Å². The van der Waals surface area contributed by atoms with Crippen LogP contribution in [-0.2, 0) is 11.2 Å². The predicted molar refractivity (Wildman–Crippen MR) is 65.3 cm³/mol. The number of ketones is 1. The van der Waals surface area contributed by atoms with E-state index >= 15 is 0 Å². The standard InChI is InChI=1S/C14H17F2NO/c1-2-14(6-3-7-17-14)13(18)8-10-4-5-11(15)9-12(10)16/h4-5,9,17H,2-3,6-8H2,1H3. The van der Waals surface area contributed by atoms with Crippen molar-refractivity contribution in [3.63, 3.8) is 0 Å². The van der Waals surface area contributed by atoms with Gasteiger partial charge >= 0.3 is 0 Å². The number of nitrogens with one attached hydrogen (secondary N) is 1. The van der Waals surface area contributed by atoms with Gasteiger partial charge in [-0.05, 0) is 37.4 Å². The van der Waals surface area contributed by atoms with Crippen molar-refractivity contribution in [3.05, 3.63) is 35.4 Å². The van der Waals surface area contributed by atoms with Gasteiger partial charge in [-0.15, -0.1) is 0 Å². The Morgan fingerprint density at radius 3 is 2.78 bits per heavy atom. The van der Waals surface area contributed by atoms with Crippen LogP contribution in [0.3, 0.4) is 0 Å². The molecule has 1 aliphatic heterocycles. The lowest BCUT2D eigenvalue weighted by Gasteiger charge is -2.26. The molecule has 1 aliphatic rings. The number of Topliss-reactive ketones (excluding diaryl/α,β-unsaturated/α-hetero) is 1. The summed E-state index contributed by atoms with van der Waals surface area (Å²) in [5.74, 6) is -1.27. The Hall–Kier alpha value is -1.29. The number of carbonyl (C=O) groups is 1. The average Bonchev–Trinajstić information content (AvgIpc) is 2.82. The fourth-order valence-corrected chi connectivity index (χ4v) is 2.55. The molecule has 1 aromatic rings. The zero-order valence-electron chi connectivity index (χ0n) is 10.4. The highest BCUT2D eigenvalue weighted by atomic mass is 19.1. The first kappa shape index (κ1) is 13.1. The van der Waals surface area contributed by atoms with E-state index in [2.05, 4.69) is 5.32 Å². The van der Waals surface area contributed by atoms with Crippen molar-refractivity contribution >= 4 is 5.78 Å². The van der Waals surface area contributed by atoms with Crippen molar-refractivity contribution in [3.8, 4) is 0 Å². The summed E-state index contributed by atoms with van der Waals surface area (Å²) in [7, 11) is 0. The molecule has 98 valence electrons. The van der Waals surface area contributed by atoms with Gasteiger partial charge in [0.15, 0.2) is 5.78 Å². The summed E-state index contributed by atoms with van der Waals surface area (Å²) in [6.45, 7) is 2.78. The van der Waals surface area contributed by atoms with Crippen LogP contribution in [0.25, 0.3) is 0 Å². The fourth-order valence-electron chi connectivity index (χ4n) is 2.55. The van der Waals surface area contributed by atoms with Crippen LogP contribution in [0, 0.1) is 11.6 Å². The Balaban J connectivity index is 2.15. The maximum absolute atomic E-state index is 13.5. The maximum atomic E-state index is 13.5. The molecular formula is C14H17F2NO. The Kier molecular flexibility index (Phi) is 3.76. The van der Waals surface area contributed by atoms with Crippen molar-refractivity contribution in [1.29, 1.82) is 0 Å². The van der Waals surface area contributed by atoms with Crippen molar-refractivity contribution in [2.75, 3.05) is 6.54 Å². The van der Waals surface area contributed by atoms with Crippen LogP contribution in [0.2, 0.25) is 0 Å². The summed E-state index contributed by atoms with van der Waals surface area (Å²) in [6, 6.07) is 3.36. The highest BCUT2D eigenvalue weighted by molar-refractivity contribution is 5.90. The van der Waals surface area contributed by atoms with Crippen LogP contribution in [0.4, 0.5) is 8.78 Å². The molecule has 1 fully saturated rings. The zero-order valence-corrected chi connectivity index (χ0v) is 10.4. The normalized spacial score (nSPS) is 23.3. The molecule has 1 saturated heterocycles. The van der Waals surface area contributed by atoms with Crippen LogP contribution in [-0.4, -0.2) is 17.9 Å². The lowest BCUT2D eigenvalue weighted by molar-refractivity contribution is -0.124. The number of carbonyl (C=O) groups excluding carboxylic acids is 1. The van der Waals surface area contributed by atoms with E-state index in [4.69, 9.17) is 0 Å². The smallest absolute Gasteiger partial charge is 0.157 e. The summed E-state index contributed by atoms with van der Waals surface area (Å²) >= 11 is 0. The molecule has 0 saturated carbocycles. The van der Waals surface area contributed by atoms with Crippen LogP contribution in [0.1, 0.15) is 31.7 Å². The molecule has 0 amide bonds. The Morgan fingerprint density at radius 2 is 2.22 bits per heavy atom. The van der Waals surface area contributed by atoms with Crippen LogP contribution in [0.5, 0.6) is 0 Å². The first-order valence-electron chi connectivity index (χ1n) is 6.29. The van der Waals surface area contributed by atoms with E-state index < -0.39 is 17.2 Å². The molecule has 1 heterocycles. The SMILES string of the molecule is CCC1(C(=O)Cc2ccc(F)cc2F)CCCN1. The van der Waals surface area contributed by atoms with Gasteiger partial charge in [-0.1, -0.05) is 13.0 Å². The highest BCUT2D eigenvalue weighted by Crippen LogP contribution is 2.26. The third-order valence-electron chi connectivity index (χ3n) is 3.75. The largest absolute Gasteiger partial charge is 0.305 e. The number of benzene rings is 1. The minimum atomic E-state index is -0.646. The number of halogens is 2. The number of hydrogen-bond donors (Lipinski definition) is 1. The van der Waals surface area contributed by atoms with Crippen molar-refractivity contribution < 1.29 is 13.6 Å². The zero-order chi connectivity index (χ0) is 13.2. The highest BCUT2D eigenvalue weighted by Gasteiger charge is 2.38. The molecule has 0 radical (unpaired) electrons. The minimum Gasteiger partial charge on any atom is -0.305 e. The van der Waals surface area contributed by atoms with Gasteiger partial charge in [0.1, 0.15) is 11.6 Å². The third kappa shape index (κ3) is 2.43. The van der Waals surface area contributed by atoms with Crippen molar-refractivity contribution in [2.24, 2.45) is 0 Å². The van der Waals surface area contributed by atoms with E-state index in [1.54, 1.807) is 0 Å². The topological polar surface area (TPSA) is 29.1 Å². The van der Waals surface area contributed by atoms with Crippen molar-refractivity contribution in [1.82, 2.24) is 5.32 Å². The molecule has 2 rings (SSSR count). The number of rotatable bonds is 4. The number of hydrogen-bond acceptors (Lipinski definition) is 2. The second-order valence-electron chi connectivity index (χ2n) is 4.80. The summed E-state index contributed by atoms with van der Waals surface area (Å²) in [4.78, 5) is 12.3. The van der Waals surface area contributed by atoms with Crippen LogP contribution < -0.4 is 5.32 Å². The molecule has 1 N–H and O–H groups in total. The van der Waals surface area contributed by atoms with Gasteiger partial charge in [0.25, 0.3) is 0 Å². The molecule has 0 aromatic heterocycles. The van der Waals surface area contributed by atoms with Crippen LogP contribution >= 0.6 is 0 Å². The van der Waals surface area contributed by atoms with Crippen molar-refractivity contribution in [2.45, 2.75) is 38.1 Å². The van der Waals surface area contributed by atoms with E-state index in [9.17, 15) is 13.6 Å². The van der Waals surface area contributed by atoms with E-state index in [1.807, 2.05) is 6.92 Å². The quantitative estimate of drug-likeness (QED) is 0.893. The molecule has 1 unspecified atom stereocenters. The van der Waals surface area contributed by atoms with Gasteiger partial charge in [-0.3, -0.25) is 4.79 Å². The van der Waals surface area contributed by atoms with Gasteiger partial charge in [0.2, 0.25) is 0 Å².